The monoisotopic (exact) mass is 344 g/mol. The minimum Gasteiger partial charge on any atom is -0.480 e. The van der Waals surface area contributed by atoms with Crippen molar-refractivity contribution in [3.05, 3.63) is 30.3 Å². The van der Waals surface area contributed by atoms with Gasteiger partial charge < -0.3 is 10.0 Å². The molecule has 1 aliphatic heterocycles. The summed E-state index contributed by atoms with van der Waals surface area (Å²) in [6.45, 7) is 1.36. The molecule has 1 aromatic carbocycles. The van der Waals surface area contributed by atoms with E-state index in [1.165, 1.54) is 12.1 Å². The molecule has 2 N–H and O–H groups in total. The van der Waals surface area contributed by atoms with Crippen LogP contribution < -0.4 is 4.72 Å². The zero-order valence-electron chi connectivity index (χ0n) is 12.3. The highest BCUT2D eigenvalue weighted by Gasteiger charge is 2.44. The summed E-state index contributed by atoms with van der Waals surface area (Å²) in [5, 5.41) is 9.48. The first-order chi connectivity index (χ1) is 10.2. The van der Waals surface area contributed by atoms with Gasteiger partial charge in [-0.3, -0.25) is 4.79 Å². The molecule has 1 heterocycles. The predicted molar refractivity (Wildman–Crippen MR) is 86.6 cm³/mol. The maximum atomic E-state index is 12.4. The summed E-state index contributed by atoms with van der Waals surface area (Å²) in [5.41, 5.74) is 0. The van der Waals surface area contributed by atoms with Gasteiger partial charge in [0.15, 0.2) is 0 Å². The Morgan fingerprint density at radius 1 is 1.32 bits per heavy atom. The van der Waals surface area contributed by atoms with Gasteiger partial charge in [0.05, 0.1) is 4.90 Å². The third kappa shape index (κ3) is 3.81. The molecule has 0 aliphatic carbocycles. The molecular weight excluding hydrogens is 324 g/mol. The molecule has 6 nitrogen and oxygen atoms in total. The van der Waals surface area contributed by atoms with Gasteiger partial charge in [-0.05, 0) is 45.1 Å². The van der Waals surface area contributed by atoms with Crippen molar-refractivity contribution in [3.63, 3.8) is 0 Å². The third-order valence-electron chi connectivity index (χ3n) is 3.96. The average Bonchev–Trinajstić information content (AvgIpc) is 2.49. The lowest BCUT2D eigenvalue weighted by atomic mass is 9.89. The highest BCUT2D eigenvalue weighted by atomic mass is 32.2. The van der Waals surface area contributed by atoms with Gasteiger partial charge in [-0.2, -0.15) is 17.4 Å². The van der Waals surface area contributed by atoms with E-state index < -0.39 is 26.8 Å². The van der Waals surface area contributed by atoms with E-state index in [9.17, 15) is 18.3 Å². The number of benzene rings is 1. The molecule has 22 heavy (non-hydrogen) atoms. The van der Waals surface area contributed by atoms with Gasteiger partial charge in [-0.25, -0.2) is 8.42 Å². The van der Waals surface area contributed by atoms with E-state index in [0.29, 0.717) is 25.9 Å². The van der Waals surface area contributed by atoms with Crippen LogP contribution in [0.3, 0.4) is 0 Å². The third-order valence-corrected chi connectivity index (χ3v) is 6.11. The number of carboxylic acids is 1. The number of hydrogen-bond donors (Lipinski definition) is 3. The van der Waals surface area contributed by atoms with Gasteiger partial charge in [0.2, 0.25) is 10.0 Å². The van der Waals surface area contributed by atoms with E-state index in [-0.39, 0.29) is 4.90 Å². The van der Waals surface area contributed by atoms with Crippen molar-refractivity contribution in [1.29, 1.82) is 0 Å². The summed E-state index contributed by atoms with van der Waals surface area (Å²) >= 11 is 4.51. The summed E-state index contributed by atoms with van der Waals surface area (Å²) in [4.78, 5) is 13.7. The van der Waals surface area contributed by atoms with Crippen molar-refractivity contribution in [2.75, 3.05) is 20.1 Å². The highest BCUT2D eigenvalue weighted by molar-refractivity contribution is 7.89. The van der Waals surface area contributed by atoms with Crippen LogP contribution in [-0.4, -0.2) is 55.3 Å². The van der Waals surface area contributed by atoms with Gasteiger partial charge >= 0.3 is 5.97 Å². The molecule has 1 fully saturated rings. The van der Waals surface area contributed by atoms with Crippen LogP contribution in [0, 0.1) is 0 Å². The van der Waals surface area contributed by atoms with Crippen LogP contribution in [0.25, 0.3) is 0 Å². The van der Waals surface area contributed by atoms with Crippen molar-refractivity contribution in [1.82, 2.24) is 9.62 Å². The Morgan fingerprint density at radius 2 is 1.86 bits per heavy atom. The number of likely N-dealkylation sites (tertiary alicyclic amines) is 1. The molecular formula is C14H20N2O4S2. The lowest BCUT2D eigenvalue weighted by molar-refractivity contribution is -0.140. The largest absolute Gasteiger partial charge is 0.480 e. The predicted octanol–water partition coefficient (Wildman–Crippen LogP) is 0.812. The first-order valence-electron chi connectivity index (χ1n) is 6.96. The molecule has 2 rings (SSSR count). The molecule has 0 saturated carbocycles. The average molecular weight is 344 g/mol. The second-order valence-electron chi connectivity index (χ2n) is 5.61. The van der Waals surface area contributed by atoms with Crippen LogP contribution in [-0.2, 0) is 14.8 Å². The van der Waals surface area contributed by atoms with Crippen LogP contribution in [0.2, 0.25) is 0 Å². The summed E-state index contributed by atoms with van der Waals surface area (Å²) in [5.74, 6) is -1.21. The molecule has 0 radical (unpaired) electrons. The van der Waals surface area contributed by atoms with Gasteiger partial charge in [-0.15, -0.1) is 0 Å². The van der Waals surface area contributed by atoms with Crippen LogP contribution in [0.5, 0.6) is 0 Å². The molecule has 0 amide bonds. The van der Waals surface area contributed by atoms with Crippen LogP contribution >= 0.6 is 12.6 Å². The van der Waals surface area contributed by atoms with Gasteiger partial charge in [-0.1, -0.05) is 18.2 Å². The zero-order chi connectivity index (χ0) is 16.4. The summed E-state index contributed by atoms with van der Waals surface area (Å²) in [6.07, 6.45) is 1.00. The first kappa shape index (κ1) is 17.3. The number of carboxylic acid groups (broad SMARTS) is 1. The SMILES string of the molecule is CN1CCC(S)(C(NS(=O)(=O)c2ccccc2)C(=O)O)CC1. The maximum Gasteiger partial charge on any atom is 0.323 e. The molecule has 1 saturated heterocycles. The number of carbonyl (C=O) groups is 1. The Balaban J connectivity index is 2.25. The Morgan fingerprint density at radius 3 is 2.36 bits per heavy atom. The van der Waals surface area contributed by atoms with E-state index in [0.717, 1.165) is 0 Å². The Kier molecular flexibility index (Phi) is 5.16. The molecule has 1 atom stereocenters. The number of nitrogens with zero attached hydrogens (tertiary/aromatic N) is 1. The molecule has 1 aromatic rings. The molecule has 1 aliphatic rings. The summed E-state index contributed by atoms with van der Waals surface area (Å²) < 4.78 is 26.2. The second kappa shape index (κ2) is 6.57. The quantitative estimate of drug-likeness (QED) is 0.688. The molecule has 122 valence electrons. The molecule has 0 aromatic heterocycles. The standard InChI is InChI=1S/C14H20N2O4S2/c1-16-9-7-14(21,8-10-16)12(13(17)18)15-22(19,20)11-5-3-2-4-6-11/h2-6,12,15,21H,7-10H2,1H3,(H,17,18). The van der Waals surface area contributed by atoms with E-state index in [1.54, 1.807) is 18.2 Å². The van der Waals surface area contributed by atoms with Crippen molar-refractivity contribution in [2.24, 2.45) is 0 Å². The molecule has 1 unspecified atom stereocenters. The molecule has 8 heteroatoms. The first-order valence-corrected chi connectivity index (χ1v) is 8.89. The summed E-state index contributed by atoms with van der Waals surface area (Å²) in [7, 11) is -1.96. The fourth-order valence-corrected chi connectivity index (χ4v) is 4.26. The second-order valence-corrected chi connectivity index (χ2v) is 8.22. The fraction of sp³-hybridized carbons (Fsp3) is 0.500. The lowest BCUT2D eigenvalue weighted by Gasteiger charge is -2.40. The van der Waals surface area contributed by atoms with E-state index in [2.05, 4.69) is 22.3 Å². The van der Waals surface area contributed by atoms with Crippen molar-refractivity contribution >= 4 is 28.6 Å². The van der Waals surface area contributed by atoms with Crippen molar-refractivity contribution in [3.8, 4) is 0 Å². The number of rotatable bonds is 5. The maximum absolute atomic E-state index is 12.4. The molecule has 0 bridgehead atoms. The normalized spacial score (nSPS) is 20.5. The molecule has 0 spiro atoms. The Labute approximate surface area is 136 Å². The fourth-order valence-electron chi connectivity index (χ4n) is 2.51. The summed E-state index contributed by atoms with van der Waals surface area (Å²) in [6, 6.07) is 6.48. The van der Waals surface area contributed by atoms with Gasteiger partial charge in [0.25, 0.3) is 0 Å². The van der Waals surface area contributed by atoms with Crippen molar-refractivity contribution in [2.45, 2.75) is 28.5 Å². The lowest BCUT2D eigenvalue weighted by Crippen LogP contribution is -2.57. The van der Waals surface area contributed by atoms with E-state index >= 15 is 0 Å². The Bertz CT molecular complexity index is 626. The van der Waals surface area contributed by atoms with Gasteiger partial charge in [0.1, 0.15) is 6.04 Å². The minimum atomic E-state index is -3.90. The topological polar surface area (TPSA) is 86.7 Å². The number of aliphatic carboxylic acids is 1. The highest BCUT2D eigenvalue weighted by Crippen LogP contribution is 2.33. The number of hydrogen-bond acceptors (Lipinski definition) is 5. The number of sulfonamides is 1. The Hall–Kier alpha value is -1.09. The number of thiol groups is 1. The number of nitrogens with one attached hydrogen (secondary N) is 1. The van der Waals surface area contributed by atoms with Gasteiger partial charge in [0, 0.05) is 4.75 Å². The zero-order valence-corrected chi connectivity index (χ0v) is 14.0. The minimum absolute atomic E-state index is 0.0473. The van der Waals surface area contributed by atoms with Crippen LogP contribution in [0.1, 0.15) is 12.8 Å². The number of piperidine rings is 1. The van der Waals surface area contributed by atoms with E-state index in [4.69, 9.17) is 0 Å². The van der Waals surface area contributed by atoms with Crippen LogP contribution in [0.15, 0.2) is 35.2 Å². The van der Waals surface area contributed by atoms with Crippen molar-refractivity contribution < 1.29 is 18.3 Å². The van der Waals surface area contributed by atoms with E-state index in [1.807, 2.05) is 7.05 Å². The van der Waals surface area contributed by atoms with Crippen LogP contribution in [0.4, 0.5) is 0 Å². The smallest absolute Gasteiger partial charge is 0.323 e.